The second kappa shape index (κ2) is 10.7. The van der Waals surface area contributed by atoms with Crippen LogP contribution in [0.2, 0.25) is 0 Å². The lowest BCUT2D eigenvalue weighted by molar-refractivity contribution is -0.137. The molecule has 176 valence electrons. The van der Waals surface area contributed by atoms with E-state index in [2.05, 4.69) is 4.90 Å². The highest BCUT2D eigenvalue weighted by atomic mass is 16.5. The summed E-state index contributed by atoms with van der Waals surface area (Å²) in [4.78, 5) is 32.7. The zero-order valence-electron chi connectivity index (χ0n) is 19.5. The SMILES string of the molecule is COCCN(C[C@@H]1CCCN2CCCC[C@H]12)C(=O)C1CC(=O)N(c2ccc(OC)cc2)C1. The number of piperidine rings is 2. The number of amides is 2. The van der Waals surface area contributed by atoms with Crippen LogP contribution in [0.3, 0.4) is 0 Å². The maximum absolute atomic E-state index is 13.6. The van der Waals surface area contributed by atoms with E-state index in [0.29, 0.717) is 31.7 Å². The summed E-state index contributed by atoms with van der Waals surface area (Å²) < 4.78 is 10.5. The molecule has 3 atom stereocenters. The topological polar surface area (TPSA) is 62.3 Å². The fraction of sp³-hybridized carbons (Fsp3) is 0.680. The third-order valence-electron chi connectivity index (χ3n) is 7.42. The molecule has 0 saturated carbocycles. The number of hydrogen-bond acceptors (Lipinski definition) is 5. The zero-order valence-corrected chi connectivity index (χ0v) is 19.5. The van der Waals surface area contributed by atoms with Gasteiger partial charge in [-0.25, -0.2) is 0 Å². The smallest absolute Gasteiger partial charge is 0.228 e. The lowest BCUT2D eigenvalue weighted by Gasteiger charge is -2.46. The molecule has 0 radical (unpaired) electrons. The summed E-state index contributed by atoms with van der Waals surface area (Å²) in [6.45, 7) is 4.72. The quantitative estimate of drug-likeness (QED) is 0.618. The molecule has 1 unspecified atom stereocenters. The maximum atomic E-state index is 13.6. The van der Waals surface area contributed by atoms with Crippen molar-refractivity contribution in [2.75, 3.05) is 58.5 Å². The summed E-state index contributed by atoms with van der Waals surface area (Å²) >= 11 is 0. The molecule has 1 aromatic rings. The van der Waals surface area contributed by atoms with E-state index in [1.807, 2.05) is 29.2 Å². The lowest BCUT2D eigenvalue weighted by atomic mass is 9.83. The summed E-state index contributed by atoms with van der Waals surface area (Å²) in [5.74, 6) is 1.07. The third kappa shape index (κ3) is 5.09. The van der Waals surface area contributed by atoms with Crippen LogP contribution in [0.5, 0.6) is 5.75 Å². The van der Waals surface area contributed by atoms with E-state index >= 15 is 0 Å². The second-order valence-corrected chi connectivity index (χ2v) is 9.38. The highest BCUT2D eigenvalue weighted by Gasteiger charge is 2.39. The van der Waals surface area contributed by atoms with Gasteiger partial charge >= 0.3 is 0 Å². The highest BCUT2D eigenvalue weighted by molar-refractivity contribution is 6.00. The number of hydrogen-bond donors (Lipinski definition) is 0. The van der Waals surface area contributed by atoms with Crippen molar-refractivity contribution in [3.8, 4) is 5.75 Å². The third-order valence-corrected chi connectivity index (χ3v) is 7.42. The van der Waals surface area contributed by atoms with Crippen molar-refractivity contribution in [2.45, 2.75) is 44.6 Å². The molecule has 1 aromatic carbocycles. The molecule has 3 aliphatic heterocycles. The number of benzene rings is 1. The van der Waals surface area contributed by atoms with Crippen LogP contribution < -0.4 is 9.64 Å². The van der Waals surface area contributed by atoms with Crippen molar-refractivity contribution < 1.29 is 19.1 Å². The van der Waals surface area contributed by atoms with E-state index < -0.39 is 0 Å². The maximum Gasteiger partial charge on any atom is 0.228 e. The Morgan fingerprint density at radius 2 is 1.88 bits per heavy atom. The molecule has 0 spiro atoms. The Labute approximate surface area is 191 Å². The number of anilines is 1. The number of carbonyl (C=O) groups excluding carboxylic acids is 2. The molecule has 0 bridgehead atoms. The zero-order chi connectivity index (χ0) is 22.5. The highest BCUT2D eigenvalue weighted by Crippen LogP contribution is 2.33. The number of rotatable bonds is 8. The monoisotopic (exact) mass is 443 g/mol. The van der Waals surface area contributed by atoms with Gasteiger partial charge in [0, 0.05) is 44.9 Å². The van der Waals surface area contributed by atoms with Crippen LogP contribution in [-0.4, -0.2) is 81.2 Å². The average molecular weight is 444 g/mol. The van der Waals surface area contributed by atoms with Crippen molar-refractivity contribution in [1.82, 2.24) is 9.80 Å². The second-order valence-electron chi connectivity index (χ2n) is 9.38. The van der Waals surface area contributed by atoms with Crippen LogP contribution in [-0.2, 0) is 14.3 Å². The van der Waals surface area contributed by atoms with Crippen molar-refractivity contribution >= 4 is 17.5 Å². The lowest BCUT2D eigenvalue weighted by Crippen LogP contribution is -2.52. The molecule has 7 heteroatoms. The van der Waals surface area contributed by atoms with Gasteiger partial charge in [-0.05, 0) is 69.0 Å². The summed E-state index contributed by atoms with van der Waals surface area (Å²) in [5.41, 5.74) is 0.819. The Bertz CT molecular complexity index is 782. The molecular formula is C25H37N3O4. The molecule has 0 N–H and O–H groups in total. The first-order valence-electron chi connectivity index (χ1n) is 12.1. The van der Waals surface area contributed by atoms with Crippen LogP contribution >= 0.6 is 0 Å². The van der Waals surface area contributed by atoms with Gasteiger partial charge in [0.1, 0.15) is 5.75 Å². The molecular weight excluding hydrogens is 406 g/mol. The van der Waals surface area contributed by atoms with Crippen LogP contribution in [0.25, 0.3) is 0 Å². The first-order chi connectivity index (χ1) is 15.6. The average Bonchev–Trinajstić information content (AvgIpc) is 3.23. The van der Waals surface area contributed by atoms with E-state index in [9.17, 15) is 9.59 Å². The Morgan fingerprint density at radius 1 is 1.09 bits per heavy atom. The summed E-state index contributed by atoms with van der Waals surface area (Å²) in [7, 11) is 3.30. The van der Waals surface area contributed by atoms with Gasteiger partial charge in [-0.2, -0.15) is 0 Å². The van der Waals surface area contributed by atoms with Crippen molar-refractivity contribution in [3.63, 3.8) is 0 Å². The van der Waals surface area contributed by atoms with E-state index in [4.69, 9.17) is 9.47 Å². The molecule has 3 heterocycles. The van der Waals surface area contributed by atoms with Crippen LogP contribution in [0, 0.1) is 11.8 Å². The molecule has 0 aliphatic carbocycles. The Balaban J connectivity index is 1.43. The van der Waals surface area contributed by atoms with E-state index in [1.165, 1.54) is 45.2 Å². The summed E-state index contributed by atoms with van der Waals surface area (Å²) in [6, 6.07) is 8.05. The molecule has 3 fully saturated rings. The van der Waals surface area contributed by atoms with Gasteiger partial charge in [0.15, 0.2) is 0 Å². The molecule has 32 heavy (non-hydrogen) atoms. The van der Waals surface area contributed by atoms with Crippen LogP contribution in [0.4, 0.5) is 5.69 Å². The molecule has 7 nitrogen and oxygen atoms in total. The predicted octanol–water partition coefficient (Wildman–Crippen LogP) is 2.79. The number of fused-ring (bicyclic) bond motifs is 1. The summed E-state index contributed by atoms with van der Waals surface area (Å²) in [5, 5.41) is 0. The van der Waals surface area contributed by atoms with Gasteiger partial charge in [0.25, 0.3) is 0 Å². The molecule has 2 amide bonds. The van der Waals surface area contributed by atoms with Crippen molar-refractivity contribution in [1.29, 1.82) is 0 Å². The van der Waals surface area contributed by atoms with Crippen LogP contribution in [0.15, 0.2) is 24.3 Å². The van der Waals surface area contributed by atoms with E-state index in [-0.39, 0.29) is 24.2 Å². The number of nitrogens with zero attached hydrogens (tertiary/aromatic N) is 3. The molecule has 0 aromatic heterocycles. The van der Waals surface area contributed by atoms with E-state index in [1.54, 1.807) is 19.1 Å². The van der Waals surface area contributed by atoms with Gasteiger partial charge in [0.05, 0.1) is 19.6 Å². The largest absolute Gasteiger partial charge is 0.497 e. The van der Waals surface area contributed by atoms with Gasteiger partial charge in [-0.15, -0.1) is 0 Å². The number of methoxy groups -OCH3 is 2. The molecule has 3 saturated heterocycles. The van der Waals surface area contributed by atoms with Gasteiger partial charge in [0.2, 0.25) is 11.8 Å². The fourth-order valence-corrected chi connectivity index (χ4v) is 5.71. The predicted molar refractivity (Wildman–Crippen MR) is 124 cm³/mol. The van der Waals surface area contributed by atoms with Crippen molar-refractivity contribution in [3.05, 3.63) is 24.3 Å². The Hall–Kier alpha value is -2.12. The van der Waals surface area contributed by atoms with Crippen molar-refractivity contribution in [2.24, 2.45) is 11.8 Å². The molecule has 3 aliphatic rings. The normalized spacial score (nSPS) is 26.1. The fourth-order valence-electron chi connectivity index (χ4n) is 5.71. The number of carbonyl (C=O) groups is 2. The first kappa shape index (κ1) is 23.1. The standard InChI is InChI=1S/C25H37N3O4/c1-31-15-14-27(17-19-6-5-13-26-12-4-3-7-23(19)26)25(30)20-16-24(29)28(18-20)21-8-10-22(32-2)11-9-21/h8-11,19-20,23H,3-7,12-18H2,1-2H3/t19-,20?,23+/m0/s1. The van der Waals surface area contributed by atoms with Gasteiger partial charge in [-0.1, -0.05) is 6.42 Å². The first-order valence-corrected chi connectivity index (χ1v) is 12.1. The minimum atomic E-state index is -0.299. The summed E-state index contributed by atoms with van der Waals surface area (Å²) in [6.07, 6.45) is 6.48. The van der Waals surface area contributed by atoms with Crippen LogP contribution in [0.1, 0.15) is 38.5 Å². The molecule has 4 rings (SSSR count). The van der Waals surface area contributed by atoms with E-state index in [0.717, 1.165) is 18.0 Å². The minimum Gasteiger partial charge on any atom is -0.497 e. The van der Waals surface area contributed by atoms with Gasteiger partial charge in [-0.3, -0.25) is 9.59 Å². The van der Waals surface area contributed by atoms with Gasteiger partial charge < -0.3 is 24.2 Å². The Kier molecular flexibility index (Phi) is 7.68. The number of ether oxygens (including phenoxy) is 2. The Morgan fingerprint density at radius 3 is 2.62 bits per heavy atom. The minimum absolute atomic E-state index is 0.0105.